The van der Waals surface area contributed by atoms with Crippen LogP contribution < -0.4 is 14.9 Å². The van der Waals surface area contributed by atoms with Crippen molar-refractivity contribution in [1.82, 2.24) is 10.3 Å². The van der Waals surface area contributed by atoms with E-state index in [1.165, 1.54) is 19.4 Å². The number of hydrogen-bond acceptors (Lipinski definition) is 6. The van der Waals surface area contributed by atoms with Gasteiger partial charge in [0, 0.05) is 28.7 Å². The Balaban J connectivity index is 1.60. The number of ether oxygens (including phenoxy) is 3. The number of hydrazone groups is 1. The van der Waals surface area contributed by atoms with E-state index in [1.54, 1.807) is 30.3 Å². The van der Waals surface area contributed by atoms with Crippen molar-refractivity contribution >= 4 is 28.1 Å². The zero-order valence-corrected chi connectivity index (χ0v) is 18.2. The average molecular weight is 480 g/mol. The van der Waals surface area contributed by atoms with Gasteiger partial charge in [-0.05, 0) is 34.1 Å². The molecule has 7 nitrogen and oxygen atoms in total. The quantitative estimate of drug-likeness (QED) is 0.465. The van der Waals surface area contributed by atoms with Crippen LogP contribution >= 0.6 is 15.9 Å². The van der Waals surface area contributed by atoms with Gasteiger partial charge in [0.2, 0.25) is 0 Å². The maximum absolute atomic E-state index is 13.8. The van der Waals surface area contributed by atoms with Gasteiger partial charge in [-0.25, -0.2) is 9.82 Å². The van der Waals surface area contributed by atoms with Crippen LogP contribution in [0.3, 0.4) is 0 Å². The fraction of sp³-hybridized carbons (Fsp3) is 0.333. The predicted molar refractivity (Wildman–Crippen MR) is 114 cm³/mol. The van der Waals surface area contributed by atoms with E-state index in [2.05, 4.69) is 26.5 Å². The van der Waals surface area contributed by atoms with Crippen LogP contribution in [0.4, 0.5) is 4.39 Å². The summed E-state index contributed by atoms with van der Waals surface area (Å²) < 4.78 is 30.9. The van der Waals surface area contributed by atoms with Crippen molar-refractivity contribution in [2.24, 2.45) is 5.10 Å². The van der Waals surface area contributed by atoms with Crippen LogP contribution in [0, 0.1) is 5.82 Å². The van der Waals surface area contributed by atoms with Crippen LogP contribution in [-0.2, 0) is 16.1 Å². The number of nitrogens with one attached hydrogen (secondary N) is 1. The van der Waals surface area contributed by atoms with Gasteiger partial charge in [0.25, 0.3) is 5.91 Å². The molecule has 0 unspecified atom stereocenters. The second-order valence-electron chi connectivity index (χ2n) is 6.59. The van der Waals surface area contributed by atoms with Gasteiger partial charge in [-0.15, -0.1) is 0 Å². The molecule has 2 aromatic rings. The SMILES string of the molecule is COc1cc(/C=N/NC(=O)CN2CCOCC2)c(Br)cc1OCc1ccccc1F. The number of carbonyl (C=O) groups is 1. The molecule has 1 fully saturated rings. The van der Waals surface area contributed by atoms with Crippen LogP contribution in [-0.4, -0.2) is 57.0 Å². The first kappa shape index (κ1) is 22.2. The molecule has 0 aliphatic carbocycles. The first-order chi connectivity index (χ1) is 14.6. The summed E-state index contributed by atoms with van der Waals surface area (Å²) >= 11 is 3.46. The number of methoxy groups -OCH3 is 1. The highest BCUT2D eigenvalue weighted by atomic mass is 79.9. The standard InChI is InChI=1S/C21H23BrFN3O4/c1-28-19-10-16(12-24-25-21(27)13-26-6-8-29-9-7-26)17(22)11-20(19)30-14-15-4-2-3-5-18(15)23/h2-5,10-12H,6-9,13-14H2,1H3,(H,25,27)/b24-12+. The van der Waals surface area contributed by atoms with Gasteiger partial charge in [-0.2, -0.15) is 5.10 Å². The molecule has 1 aliphatic heterocycles. The molecule has 0 atom stereocenters. The van der Waals surface area contributed by atoms with E-state index in [1.807, 2.05) is 4.90 Å². The lowest BCUT2D eigenvalue weighted by Gasteiger charge is -2.25. The van der Waals surface area contributed by atoms with Crippen LogP contribution in [0.25, 0.3) is 0 Å². The summed E-state index contributed by atoms with van der Waals surface area (Å²) in [6, 6.07) is 9.87. The highest BCUT2D eigenvalue weighted by molar-refractivity contribution is 9.10. The van der Waals surface area contributed by atoms with Gasteiger partial charge in [0.05, 0.1) is 33.1 Å². The highest BCUT2D eigenvalue weighted by Gasteiger charge is 2.14. The summed E-state index contributed by atoms with van der Waals surface area (Å²) in [5.74, 6) is 0.407. The molecule has 1 heterocycles. The summed E-state index contributed by atoms with van der Waals surface area (Å²) in [6.07, 6.45) is 1.52. The van der Waals surface area contributed by atoms with Crippen molar-refractivity contribution in [2.75, 3.05) is 40.0 Å². The molecule has 160 valence electrons. The van der Waals surface area contributed by atoms with Crippen LogP contribution in [0.1, 0.15) is 11.1 Å². The van der Waals surface area contributed by atoms with Gasteiger partial charge in [0.1, 0.15) is 12.4 Å². The molecular weight excluding hydrogens is 457 g/mol. The molecule has 1 aliphatic rings. The number of halogens is 2. The van der Waals surface area contributed by atoms with Crippen molar-refractivity contribution in [2.45, 2.75) is 6.61 Å². The fourth-order valence-electron chi connectivity index (χ4n) is 2.86. The van der Waals surface area contributed by atoms with E-state index in [9.17, 15) is 9.18 Å². The molecule has 30 heavy (non-hydrogen) atoms. The summed E-state index contributed by atoms with van der Waals surface area (Å²) in [7, 11) is 1.52. The Bertz CT molecular complexity index is 904. The molecular formula is C21H23BrFN3O4. The molecule has 0 spiro atoms. The van der Waals surface area contributed by atoms with E-state index in [-0.39, 0.29) is 24.9 Å². The Labute approximate surface area is 182 Å². The van der Waals surface area contributed by atoms with Gasteiger partial charge in [-0.3, -0.25) is 9.69 Å². The number of rotatable bonds is 8. The molecule has 3 rings (SSSR count). The predicted octanol–water partition coefficient (Wildman–Crippen LogP) is 2.96. The highest BCUT2D eigenvalue weighted by Crippen LogP contribution is 2.33. The van der Waals surface area contributed by atoms with Crippen LogP contribution in [0.15, 0.2) is 46.0 Å². The minimum Gasteiger partial charge on any atom is -0.493 e. The van der Waals surface area contributed by atoms with Crippen LogP contribution in [0.2, 0.25) is 0 Å². The van der Waals surface area contributed by atoms with Gasteiger partial charge < -0.3 is 14.2 Å². The van der Waals surface area contributed by atoms with E-state index < -0.39 is 0 Å². The number of morpholine rings is 1. The van der Waals surface area contributed by atoms with E-state index >= 15 is 0 Å². The smallest absolute Gasteiger partial charge is 0.254 e. The minimum atomic E-state index is -0.327. The number of hydrogen-bond donors (Lipinski definition) is 1. The Morgan fingerprint density at radius 3 is 2.80 bits per heavy atom. The monoisotopic (exact) mass is 479 g/mol. The summed E-state index contributed by atoms with van der Waals surface area (Å²) in [5.41, 5.74) is 3.66. The number of benzene rings is 2. The average Bonchev–Trinajstić information content (AvgIpc) is 2.75. The summed E-state index contributed by atoms with van der Waals surface area (Å²) in [4.78, 5) is 14.0. The van der Waals surface area contributed by atoms with Crippen molar-refractivity contribution in [3.05, 3.63) is 57.8 Å². The molecule has 0 radical (unpaired) electrons. The molecule has 0 bridgehead atoms. The summed E-state index contributed by atoms with van der Waals surface area (Å²) in [6.45, 7) is 3.07. The lowest BCUT2D eigenvalue weighted by molar-refractivity contribution is -0.123. The first-order valence-corrected chi connectivity index (χ1v) is 10.2. The maximum Gasteiger partial charge on any atom is 0.254 e. The number of nitrogens with zero attached hydrogens (tertiary/aromatic N) is 2. The maximum atomic E-state index is 13.8. The largest absolute Gasteiger partial charge is 0.493 e. The second kappa shape index (κ2) is 11.1. The lowest BCUT2D eigenvalue weighted by atomic mass is 10.2. The van der Waals surface area contributed by atoms with Gasteiger partial charge in [0.15, 0.2) is 11.5 Å². The normalized spacial score (nSPS) is 14.6. The van der Waals surface area contributed by atoms with Crippen molar-refractivity contribution in [3.8, 4) is 11.5 Å². The topological polar surface area (TPSA) is 72.4 Å². The molecule has 0 saturated carbocycles. The first-order valence-electron chi connectivity index (χ1n) is 9.42. The Kier molecular flexibility index (Phi) is 8.18. The van der Waals surface area contributed by atoms with Crippen molar-refractivity contribution < 1.29 is 23.4 Å². The Hall–Kier alpha value is -2.49. The van der Waals surface area contributed by atoms with Crippen molar-refractivity contribution in [3.63, 3.8) is 0 Å². The van der Waals surface area contributed by atoms with Crippen LogP contribution in [0.5, 0.6) is 11.5 Å². The third-order valence-electron chi connectivity index (χ3n) is 4.49. The number of amides is 1. The molecule has 1 saturated heterocycles. The van der Waals surface area contributed by atoms with E-state index in [0.29, 0.717) is 40.3 Å². The van der Waals surface area contributed by atoms with E-state index in [0.717, 1.165) is 13.1 Å². The number of carbonyl (C=O) groups excluding carboxylic acids is 1. The zero-order valence-electron chi connectivity index (χ0n) is 16.6. The molecule has 2 aromatic carbocycles. The van der Waals surface area contributed by atoms with Gasteiger partial charge in [-0.1, -0.05) is 18.2 Å². The zero-order chi connectivity index (χ0) is 21.3. The Morgan fingerprint density at radius 1 is 1.30 bits per heavy atom. The fourth-order valence-corrected chi connectivity index (χ4v) is 3.29. The minimum absolute atomic E-state index is 0.0699. The van der Waals surface area contributed by atoms with Crippen molar-refractivity contribution in [1.29, 1.82) is 0 Å². The second-order valence-corrected chi connectivity index (χ2v) is 7.44. The molecule has 1 N–H and O–H groups in total. The third kappa shape index (κ3) is 6.25. The third-order valence-corrected chi connectivity index (χ3v) is 5.17. The summed E-state index contributed by atoms with van der Waals surface area (Å²) in [5, 5.41) is 4.02. The van der Waals surface area contributed by atoms with E-state index in [4.69, 9.17) is 14.2 Å². The molecule has 9 heteroatoms. The lowest BCUT2D eigenvalue weighted by Crippen LogP contribution is -2.42. The Morgan fingerprint density at radius 2 is 2.07 bits per heavy atom. The molecule has 0 aromatic heterocycles. The molecule has 1 amide bonds. The van der Waals surface area contributed by atoms with Gasteiger partial charge >= 0.3 is 0 Å².